The van der Waals surface area contributed by atoms with Crippen molar-refractivity contribution in [1.82, 2.24) is 0 Å². The van der Waals surface area contributed by atoms with Crippen molar-refractivity contribution in [3.63, 3.8) is 0 Å². The number of benzene rings is 2. The number of rotatable bonds is 3. The van der Waals surface area contributed by atoms with Crippen LogP contribution in [-0.4, -0.2) is 0 Å². The van der Waals surface area contributed by atoms with E-state index in [1.165, 1.54) is 6.07 Å². The molecule has 0 spiro atoms. The van der Waals surface area contributed by atoms with Gasteiger partial charge >= 0.3 is 0 Å². The highest BCUT2D eigenvalue weighted by Gasteiger charge is 2.10. The third-order valence-electron chi connectivity index (χ3n) is 2.87. The Balaban J connectivity index is 2.21. The predicted molar refractivity (Wildman–Crippen MR) is 77.3 cm³/mol. The summed E-state index contributed by atoms with van der Waals surface area (Å²) in [7, 11) is 0. The zero-order valence-corrected chi connectivity index (χ0v) is 12.0. The number of halogens is 2. The monoisotopic (exact) mass is 307 g/mol. The highest BCUT2D eigenvalue weighted by Crippen LogP contribution is 2.27. The molecule has 1 unspecified atom stereocenters. The molecule has 0 saturated carbocycles. The summed E-state index contributed by atoms with van der Waals surface area (Å²) in [5.74, 6) is -0.214. The van der Waals surface area contributed by atoms with Crippen molar-refractivity contribution in [2.24, 2.45) is 0 Å². The minimum Gasteiger partial charge on any atom is -0.376 e. The largest absolute Gasteiger partial charge is 0.376 e. The second kappa shape index (κ2) is 5.53. The van der Waals surface area contributed by atoms with Crippen molar-refractivity contribution in [2.75, 3.05) is 5.32 Å². The van der Waals surface area contributed by atoms with Gasteiger partial charge in [-0.05, 0) is 43.2 Å². The fourth-order valence-electron chi connectivity index (χ4n) is 1.87. The first kappa shape index (κ1) is 13.1. The summed E-state index contributed by atoms with van der Waals surface area (Å²) in [6.45, 7) is 3.89. The molecule has 0 bridgehead atoms. The molecular weight excluding hydrogens is 293 g/mol. The Hall–Kier alpha value is -1.35. The van der Waals surface area contributed by atoms with Gasteiger partial charge in [0, 0.05) is 10.5 Å². The molecular formula is C15H15BrFN. The van der Waals surface area contributed by atoms with Crippen LogP contribution in [0.3, 0.4) is 0 Å². The summed E-state index contributed by atoms with van der Waals surface area (Å²) in [6.07, 6.45) is 0. The first-order valence-corrected chi connectivity index (χ1v) is 6.64. The zero-order chi connectivity index (χ0) is 13.1. The molecule has 0 fully saturated rings. The molecule has 0 radical (unpaired) electrons. The van der Waals surface area contributed by atoms with E-state index in [2.05, 4.69) is 21.2 Å². The molecule has 0 aliphatic carbocycles. The van der Waals surface area contributed by atoms with Crippen molar-refractivity contribution in [3.8, 4) is 0 Å². The van der Waals surface area contributed by atoms with Gasteiger partial charge in [-0.2, -0.15) is 0 Å². The van der Waals surface area contributed by atoms with Gasteiger partial charge < -0.3 is 5.32 Å². The van der Waals surface area contributed by atoms with Gasteiger partial charge in [-0.1, -0.05) is 40.2 Å². The number of anilines is 1. The van der Waals surface area contributed by atoms with Crippen molar-refractivity contribution >= 4 is 21.6 Å². The Morgan fingerprint density at radius 3 is 2.56 bits per heavy atom. The number of aryl methyl sites for hydroxylation is 1. The van der Waals surface area contributed by atoms with E-state index < -0.39 is 0 Å². The van der Waals surface area contributed by atoms with E-state index in [0.717, 1.165) is 15.6 Å². The molecule has 0 aliphatic rings. The average Bonchev–Trinajstić information content (AvgIpc) is 2.33. The van der Waals surface area contributed by atoms with Crippen molar-refractivity contribution < 1.29 is 4.39 Å². The van der Waals surface area contributed by atoms with E-state index in [-0.39, 0.29) is 11.9 Å². The molecule has 3 heteroatoms. The smallest absolute Gasteiger partial charge is 0.146 e. The van der Waals surface area contributed by atoms with E-state index in [4.69, 9.17) is 0 Å². The molecule has 0 amide bonds. The summed E-state index contributed by atoms with van der Waals surface area (Å²) in [6, 6.07) is 13.2. The molecule has 1 atom stereocenters. The topological polar surface area (TPSA) is 12.0 Å². The van der Waals surface area contributed by atoms with Crippen LogP contribution >= 0.6 is 15.9 Å². The van der Waals surface area contributed by atoms with Gasteiger partial charge in [0.05, 0.1) is 5.69 Å². The Morgan fingerprint density at radius 2 is 1.89 bits per heavy atom. The van der Waals surface area contributed by atoms with Gasteiger partial charge in [-0.3, -0.25) is 0 Å². The Bertz CT molecular complexity index is 554. The summed E-state index contributed by atoms with van der Waals surface area (Å²) in [4.78, 5) is 0. The quantitative estimate of drug-likeness (QED) is 0.834. The third kappa shape index (κ3) is 2.91. The molecule has 0 saturated heterocycles. The highest BCUT2D eigenvalue weighted by atomic mass is 79.9. The van der Waals surface area contributed by atoms with Crippen LogP contribution in [0.4, 0.5) is 10.1 Å². The van der Waals surface area contributed by atoms with Gasteiger partial charge in [0.2, 0.25) is 0 Å². The number of hydrogen-bond donors (Lipinski definition) is 1. The van der Waals surface area contributed by atoms with Crippen LogP contribution in [0.2, 0.25) is 0 Å². The summed E-state index contributed by atoms with van der Waals surface area (Å²) < 4.78 is 14.8. The fraction of sp³-hybridized carbons (Fsp3) is 0.200. The second-order valence-electron chi connectivity index (χ2n) is 4.37. The lowest BCUT2D eigenvalue weighted by Crippen LogP contribution is -2.08. The van der Waals surface area contributed by atoms with Crippen LogP contribution in [0.25, 0.3) is 0 Å². The summed E-state index contributed by atoms with van der Waals surface area (Å²) in [5.41, 5.74) is 2.56. The molecule has 94 valence electrons. The fourth-order valence-corrected chi connectivity index (χ4v) is 2.50. The molecule has 1 nitrogen and oxygen atoms in total. The molecule has 18 heavy (non-hydrogen) atoms. The Labute approximate surface area is 115 Å². The van der Waals surface area contributed by atoms with Crippen LogP contribution < -0.4 is 5.32 Å². The number of hydrogen-bond acceptors (Lipinski definition) is 1. The Kier molecular flexibility index (Phi) is 4.02. The van der Waals surface area contributed by atoms with Crippen molar-refractivity contribution in [3.05, 3.63) is 63.9 Å². The maximum atomic E-state index is 13.8. The van der Waals surface area contributed by atoms with Crippen molar-refractivity contribution in [2.45, 2.75) is 19.9 Å². The second-order valence-corrected chi connectivity index (χ2v) is 5.23. The Morgan fingerprint density at radius 1 is 1.17 bits per heavy atom. The van der Waals surface area contributed by atoms with Gasteiger partial charge in [0.15, 0.2) is 0 Å². The third-order valence-corrected chi connectivity index (χ3v) is 3.59. The zero-order valence-electron chi connectivity index (χ0n) is 10.4. The van der Waals surface area contributed by atoms with E-state index in [1.54, 1.807) is 6.07 Å². The molecule has 0 aromatic heterocycles. The lowest BCUT2D eigenvalue weighted by atomic mass is 10.1. The normalized spacial score (nSPS) is 12.2. The standard InChI is InChI=1S/C15H15BrFN/c1-10-7-8-15(14(17)9-10)18-11(2)12-5-3-4-6-13(12)16/h3-9,11,18H,1-2H3. The molecule has 2 aromatic rings. The minimum absolute atomic E-state index is 0.0396. The van der Waals surface area contributed by atoms with Crippen molar-refractivity contribution in [1.29, 1.82) is 0 Å². The van der Waals surface area contributed by atoms with E-state index in [9.17, 15) is 4.39 Å². The first-order valence-electron chi connectivity index (χ1n) is 5.85. The van der Waals surface area contributed by atoms with E-state index in [1.807, 2.05) is 44.2 Å². The average molecular weight is 308 g/mol. The predicted octanol–water partition coefficient (Wildman–Crippen LogP) is 5.07. The minimum atomic E-state index is -0.214. The molecule has 0 aliphatic heterocycles. The molecule has 2 aromatic carbocycles. The van der Waals surface area contributed by atoms with Crippen LogP contribution in [0.1, 0.15) is 24.1 Å². The van der Waals surface area contributed by atoms with Gasteiger partial charge in [-0.15, -0.1) is 0 Å². The van der Waals surface area contributed by atoms with Crippen LogP contribution in [0, 0.1) is 12.7 Å². The molecule has 0 heterocycles. The lowest BCUT2D eigenvalue weighted by Gasteiger charge is -2.17. The summed E-state index contributed by atoms with van der Waals surface area (Å²) in [5, 5.41) is 3.19. The van der Waals surface area contributed by atoms with Crippen LogP contribution in [0.5, 0.6) is 0 Å². The number of nitrogens with one attached hydrogen (secondary N) is 1. The summed E-state index contributed by atoms with van der Waals surface area (Å²) >= 11 is 3.51. The van der Waals surface area contributed by atoms with Gasteiger partial charge in [-0.25, -0.2) is 4.39 Å². The molecule has 2 rings (SSSR count). The van der Waals surface area contributed by atoms with Crippen LogP contribution in [-0.2, 0) is 0 Å². The highest BCUT2D eigenvalue weighted by molar-refractivity contribution is 9.10. The van der Waals surface area contributed by atoms with E-state index in [0.29, 0.717) is 5.69 Å². The van der Waals surface area contributed by atoms with Gasteiger partial charge in [0.1, 0.15) is 5.82 Å². The van der Waals surface area contributed by atoms with E-state index >= 15 is 0 Å². The first-order chi connectivity index (χ1) is 8.58. The maximum Gasteiger partial charge on any atom is 0.146 e. The van der Waals surface area contributed by atoms with Gasteiger partial charge in [0.25, 0.3) is 0 Å². The lowest BCUT2D eigenvalue weighted by molar-refractivity contribution is 0.626. The SMILES string of the molecule is Cc1ccc(NC(C)c2ccccc2Br)c(F)c1. The maximum absolute atomic E-state index is 13.8. The van der Waals surface area contributed by atoms with Crippen LogP contribution in [0.15, 0.2) is 46.9 Å². The molecule has 1 N–H and O–H groups in total.